The Kier molecular flexibility index (Phi) is 18.9. The summed E-state index contributed by atoms with van der Waals surface area (Å²) in [5.74, 6) is 0. The van der Waals surface area contributed by atoms with Gasteiger partial charge in [0.1, 0.15) is 0 Å². The Morgan fingerprint density at radius 3 is 1.45 bits per heavy atom. The highest BCUT2D eigenvalue weighted by molar-refractivity contribution is 9.09. The molecule has 0 radical (unpaired) electrons. The van der Waals surface area contributed by atoms with Crippen molar-refractivity contribution in [2.24, 2.45) is 0 Å². The maximum absolute atomic E-state index is 3.86. The first-order valence-electron chi connectivity index (χ1n) is 9.01. The Morgan fingerprint density at radius 2 is 1.00 bits per heavy atom. The predicted octanol–water partition coefficient (Wildman–Crippen LogP) is 8.02. The zero-order valence-corrected chi connectivity index (χ0v) is 16.8. The molecule has 122 valence electrons. The molecule has 0 N–H and O–H groups in total. The van der Waals surface area contributed by atoms with Gasteiger partial charge in [0.05, 0.1) is 0 Å². The molecule has 0 heterocycles. The predicted molar refractivity (Wildman–Crippen MR) is 101 cm³/mol. The van der Waals surface area contributed by atoms with Crippen molar-refractivity contribution >= 4 is 31.9 Å². The van der Waals surface area contributed by atoms with Crippen molar-refractivity contribution in [3.8, 4) is 0 Å². The lowest BCUT2D eigenvalue weighted by molar-refractivity contribution is 0.541. The van der Waals surface area contributed by atoms with Crippen LogP contribution in [0.15, 0.2) is 0 Å². The van der Waals surface area contributed by atoms with Crippen molar-refractivity contribution in [2.75, 3.05) is 5.33 Å². The van der Waals surface area contributed by atoms with E-state index in [2.05, 4.69) is 38.8 Å². The van der Waals surface area contributed by atoms with Gasteiger partial charge in [-0.3, -0.25) is 0 Å². The summed E-state index contributed by atoms with van der Waals surface area (Å²) in [5, 5.41) is 1.17. The second-order valence-corrected chi connectivity index (χ2v) is 8.19. The fourth-order valence-corrected chi connectivity index (χ4v) is 3.68. The summed E-state index contributed by atoms with van der Waals surface area (Å²) in [4.78, 5) is 0.777. The van der Waals surface area contributed by atoms with Crippen molar-refractivity contribution in [3.63, 3.8) is 0 Å². The standard InChI is InChI=1S/C18H36Br2/c1-2-3-4-5-6-7-9-12-15-18(20)16-13-10-8-11-14-17-19/h18H,2-17H2,1H3. The van der Waals surface area contributed by atoms with Crippen LogP contribution >= 0.6 is 31.9 Å². The molecule has 0 spiro atoms. The molecule has 1 unspecified atom stereocenters. The third kappa shape index (κ3) is 17.0. The van der Waals surface area contributed by atoms with Gasteiger partial charge in [0.15, 0.2) is 0 Å². The Bertz CT molecular complexity index is 171. The van der Waals surface area contributed by atoms with E-state index in [4.69, 9.17) is 0 Å². The maximum atomic E-state index is 3.86. The summed E-state index contributed by atoms with van der Waals surface area (Å²) in [7, 11) is 0. The smallest absolute Gasteiger partial charge is 0.0145 e. The first-order chi connectivity index (χ1) is 9.81. The van der Waals surface area contributed by atoms with Gasteiger partial charge in [-0.25, -0.2) is 0 Å². The monoisotopic (exact) mass is 410 g/mol. The SMILES string of the molecule is CCCCCCCCCCC(Br)CCCCCCCBr. The number of hydrogen-bond acceptors (Lipinski definition) is 0. The average molecular weight is 412 g/mol. The minimum absolute atomic E-state index is 0.777. The normalized spacial score (nSPS) is 12.8. The van der Waals surface area contributed by atoms with E-state index >= 15 is 0 Å². The van der Waals surface area contributed by atoms with Crippen LogP contribution in [0.2, 0.25) is 0 Å². The fourth-order valence-electron chi connectivity index (χ4n) is 2.63. The lowest BCUT2D eigenvalue weighted by Gasteiger charge is -2.09. The molecular formula is C18H36Br2. The highest BCUT2D eigenvalue weighted by Gasteiger charge is 2.03. The molecule has 2 heteroatoms. The molecule has 0 saturated heterocycles. The van der Waals surface area contributed by atoms with Crippen molar-refractivity contribution in [2.45, 2.75) is 108 Å². The van der Waals surface area contributed by atoms with E-state index in [0.29, 0.717) is 0 Å². The molecule has 0 aliphatic heterocycles. The molecule has 0 nitrogen and oxygen atoms in total. The summed E-state index contributed by atoms with van der Waals surface area (Å²) < 4.78 is 0. The van der Waals surface area contributed by atoms with Crippen LogP contribution in [0.25, 0.3) is 0 Å². The summed E-state index contributed by atoms with van der Waals surface area (Å²) in [6.45, 7) is 2.29. The van der Waals surface area contributed by atoms with Gasteiger partial charge in [0, 0.05) is 10.2 Å². The van der Waals surface area contributed by atoms with Crippen LogP contribution in [0.1, 0.15) is 103 Å². The third-order valence-corrected chi connectivity index (χ3v) is 5.50. The van der Waals surface area contributed by atoms with Crippen LogP contribution in [0.5, 0.6) is 0 Å². The molecule has 0 aliphatic carbocycles. The van der Waals surface area contributed by atoms with Crippen molar-refractivity contribution in [3.05, 3.63) is 0 Å². The highest BCUT2D eigenvalue weighted by Crippen LogP contribution is 2.19. The molecule has 0 aliphatic rings. The summed E-state index contributed by atoms with van der Waals surface area (Å²) >= 11 is 7.35. The zero-order valence-electron chi connectivity index (χ0n) is 13.6. The van der Waals surface area contributed by atoms with Gasteiger partial charge >= 0.3 is 0 Å². The topological polar surface area (TPSA) is 0 Å². The Morgan fingerprint density at radius 1 is 0.600 bits per heavy atom. The molecule has 0 amide bonds. The van der Waals surface area contributed by atoms with Crippen molar-refractivity contribution < 1.29 is 0 Å². The summed E-state index contributed by atoms with van der Waals surface area (Å²) in [6, 6.07) is 0. The van der Waals surface area contributed by atoms with E-state index in [1.807, 2.05) is 0 Å². The Labute approximate surface area is 145 Å². The number of rotatable bonds is 16. The number of alkyl halides is 2. The van der Waals surface area contributed by atoms with E-state index in [1.54, 1.807) is 0 Å². The molecule has 0 bridgehead atoms. The van der Waals surface area contributed by atoms with Crippen LogP contribution in [0.3, 0.4) is 0 Å². The van der Waals surface area contributed by atoms with E-state index in [1.165, 1.54) is 102 Å². The zero-order chi connectivity index (χ0) is 14.9. The second kappa shape index (κ2) is 18.0. The molecule has 1 atom stereocenters. The molecule has 0 saturated carbocycles. The molecule has 0 aromatic carbocycles. The molecule has 0 fully saturated rings. The Balaban J connectivity index is 3.10. The molecular weight excluding hydrogens is 376 g/mol. The van der Waals surface area contributed by atoms with E-state index < -0.39 is 0 Å². The van der Waals surface area contributed by atoms with Gasteiger partial charge in [-0.15, -0.1) is 0 Å². The first-order valence-corrected chi connectivity index (χ1v) is 11.0. The number of hydrogen-bond donors (Lipinski definition) is 0. The molecule has 0 rings (SSSR count). The number of halogens is 2. The van der Waals surface area contributed by atoms with E-state index in [-0.39, 0.29) is 0 Å². The van der Waals surface area contributed by atoms with Gasteiger partial charge in [-0.05, 0) is 19.3 Å². The van der Waals surface area contributed by atoms with E-state index in [0.717, 1.165) is 4.83 Å². The maximum Gasteiger partial charge on any atom is 0.0145 e. The van der Waals surface area contributed by atoms with Crippen LogP contribution in [0, 0.1) is 0 Å². The van der Waals surface area contributed by atoms with Gasteiger partial charge < -0.3 is 0 Å². The van der Waals surface area contributed by atoms with Gasteiger partial charge in [-0.1, -0.05) is 116 Å². The average Bonchev–Trinajstić information content (AvgIpc) is 2.45. The van der Waals surface area contributed by atoms with Crippen LogP contribution in [-0.4, -0.2) is 10.2 Å². The largest absolute Gasteiger partial charge is 0.0928 e. The number of unbranched alkanes of at least 4 members (excludes halogenated alkanes) is 11. The minimum Gasteiger partial charge on any atom is -0.0928 e. The van der Waals surface area contributed by atoms with Crippen LogP contribution in [0.4, 0.5) is 0 Å². The quantitative estimate of drug-likeness (QED) is 0.178. The summed E-state index contributed by atoms with van der Waals surface area (Å²) in [6.07, 6.45) is 21.2. The molecule has 0 aromatic heterocycles. The van der Waals surface area contributed by atoms with Crippen LogP contribution < -0.4 is 0 Å². The van der Waals surface area contributed by atoms with Gasteiger partial charge in [0.25, 0.3) is 0 Å². The second-order valence-electron chi connectivity index (χ2n) is 6.11. The Hall–Kier alpha value is 0.960. The van der Waals surface area contributed by atoms with Crippen molar-refractivity contribution in [1.82, 2.24) is 0 Å². The summed E-state index contributed by atoms with van der Waals surface area (Å²) in [5.41, 5.74) is 0. The highest BCUT2D eigenvalue weighted by atomic mass is 79.9. The molecule has 20 heavy (non-hydrogen) atoms. The lowest BCUT2D eigenvalue weighted by atomic mass is 10.0. The van der Waals surface area contributed by atoms with Crippen LogP contribution in [-0.2, 0) is 0 Å². The van der Waals surface area contributed by atoms with Gasteiger partial charge in [0.2, 0.25) is 0 Å². The fraction of sp³-hybridized carbons (Fsp3) is 1.00. The van der Waals surface area contributed by atoms with E-state index in [9.17, 15) is 0 Å². The minimum atomic E-state index is 0.777. The third-order valence-electron chi connectivity index (χ3n) is 4.02. The molecule has 0 aromatic rings. The first kappa shape index (κ1) is 21.0. The van der Waals surface area contributed by atoms with Crippen molar-refractivity contribution in [1.29, 1.82) is 0 Å². The lowest BCUT2D eigenvalue weighted by Crippen LogP contribution is -1.97. The van der Waals surface area contributed by atoms with Gasteiger partial charge in [-0.2, -0.15) is 0 Å².